The summed E-state index contributed by atoms with van der Waals surface area (Å²) in [6.45, 7) is 3.07. The van der Waals surface area contributed by atoms with Crippen LogP contribution in [0.5, 0.6) is 0 Å². The van der Waals surface area contributed by atoms with Crippen LogP contribution in [0.2, 0.25) is 0 Å². The molecule has 112 valence electrons. The van der Waals surface area contributed by atoms with Crippen molar-refractivity contribution in [2.24, 2.45) is 0 Å². The molecule has 3 heteroatoms. The Balaban J connectivity index is 2.17. The molecular weight excluding hydrogens is 262 g/mol. The zero-order valence-electron chi connectivity index (χ0n) is 12.4. The van der Waals surface area contributed by atoms with Gasteiger partial charge in [0.25, 0.3) is 0 Å². The van der Waals surface area contributed by atoms with E-state index in [2.05, 4.69) is 29.2 Å². The van der Waals surface area contributed by atoms with Gasteiger partial charge in [0.2, 0.25) is 0 Å². The average Bonchev–Trinajstić information content (AvgIpc) is 2.49. The smallest absolute Gasteiger partial charge is 0.0689 e. The van der Waals surface area contributed by atoms with Crippen molar-refractivity contribution in [1.82, 2.24) is 4.90 Å². The van der Waals surface area contributed by atoms with E-state index < -0.39 is 6.10 Å². The SMILES string of the molecule is C[C@@H](O)[C@@H](CO)N(Cc1ccccc1)Cc1ccccc1. The maximum absolute atomic E-state index is 9.94. The van der Waals surface area contributed by atoms with E-state index in [-0.39, 0.29) is 12.6 Å². The van der Waals surface area contributed by atoms with Gasteiger partial charge >= 0.3 is 0 Å². The van der Waals surface area contributed by atoms with Crippen molar-refractivity contribution in [2.45, 2.75) is 32.2 Å². The fraction of sp³-hybridized carbons (Fsp3) is 0.333. The van der Waals surface area contributed by atoms with E-state index in [9.17, 15) is 10.2 Å². The minimum absolute atomic E-state index is 0.0582. The van der Waals surface area contributed by atoms with Crippen LogP contribution < -0.4 is 0 Å². The van der Waals surface area contributed by atoms with Gasteiger partial charge in [-0.2, -0.15) is 0 Å². The van der Waals surface area contributed by atoms with Gasteiger partial charge in [-0.1, -0.05) is 60.7 Å². The molecule has 0 saturated carbocycles. The molecule has 2 atom stereocenters. The molecule has 2 rings (SSSR count). The Morgan fingerprint density at radius 2 is 1.29 bits per heavy atom. The Hall–Kier alpha value is -1.68. The van der Waals surface area contributed by atoms with Crippen molar-refractivity contribution >= 4 is 0 Å². The molecule has 0 fully saturated rings. The second-order valence-electron chi connectivity index (χ2n) is 5.37. The minimum Gasteiger partial charge on any atom is -0.395 e. The molecule has 3 nitrogen and oxygen atoms in total. The number of hydrogen-bond donors (Lipinski definition) is 2. The highest BCUT2D eigenvalue weighted by atomic mass is 16.3. The van der Waals surface area contributed by atoms with Crippen molar-refractivity contribution < 1.29 is 10.2 Å². The highest BCUT2D eigenvalue weighted by molar-refractivity contribution is 5.17. The number of hydrogen-bond acceptors (Lipinski definition) is 3. The molecule has 0 amide bonds. The van der Waals surface area contributed by atoms with Crippen molar-refractivity contribution in [3.63, 3.8) is 0 Å². The van der Waals surface area contributed by atoms with Crippen LogP contribution in [0.4, 0.5) is 0 Å². The van der Waals surface area contributed by atoms with Gasteiger partial charge in [0, 0.05) is 13.1 Å². The van der Waals surface area contributed by atoms with E-state index in [4.69, 9.17) is 0 Å². The van der Waals surface area contributed by atoms with Crippen molar-refractivity contribution in [3.05, 3.63) is 71.8 Å². The van der Waals surface area contributed by atoms with Gasteiger partial charge in [-0.25, -0.2) is 0 Å². The Bertz CT molecular complexity index is 472. The van der Waals surface area contributed by atoms with E-state index in [1.165, 1.54) is 11.1 Å². The number of aliphatic hydroxyl groups excluding tert-OH is 2. The Labute approximate surface area is 126 Å². The molecular formula is C18H23NO2. The fourth-order valence-corrected chi connectivity index (χ4v) is 2.50. The van der Waals surface area contributed by atoms with E-state index >= 15 is 0 Å². The average molecular weight is 285 g/mol. The summed E-state index contributed by atoms with van der Waals surface area (Å²) in [6.07, 6.45) is -0.581. The summed E-state index contributed by atoms with van der Waals surface area (Å²) in [4.78, 5) is 2.12. The maximum Gasteiger partial charge on any atom is 0.0689 e. The molecule has 0 saturated heterocycles. The predicted molar refractivity (Wildman–Crippen MR) is 84.7 cm³/mol. The molecule has 0 radical (unpaired) electrons. The molecule has 0 bridgehead atoms. The first-order valence-electron chi connectivity index (χ1n) is 7.31. The first-order valence-corrected chi connectivity index (χ1v) is 7.31. The van der Waals surface area contributed by atoms with Crippen LogP contribution in [0.15, 0.2) is 60.7 Å². The fourth-order valence-electron chi connectivity index (χ4n) is 2.50. The van der Waals surface area contributed by atoms with Gasteiger partial charge in [-0.15, -0.1) is 0 Å². The molecule has 0 aliphatic carbocycles. The minimum atomic E-state index is -0.581. The summed E-state index contributed by atoms with van der Waals surface area (Å²) < 4.78 is 0. The summed E-state index contributed by atoms with van der Waals surface area (Å²) in [5.74, 6) is 0. The molecule has 0 aromatic heterocycles. The van der Waals surface area contributed by atoms with Gasteiger partial charge in [0.05, 0.1) is 18.8 Å². The van der Waals surface area contributed by atoms with Crippen LogP contribution >= 0.6 is 0 Å². The molecule has 0 aliphatic heterocycles. The number of aliphatic hydroxyl groups is 2. The van der Waals surface area contributed by atoms with Gasteiger partial charge in [-0.3, -0.25) is 4.90 Å². The normalized spacial score (nSPS) is 14.1. The lowest BCUT2D eigenvalue weighted by molar-refractivity contribution is 0.0165. The summed E-state index contributed by atoms with van der Waals surface area (Å²) >= 11 is 0. The first kappa shape index (κ1) is 15.7. The lowest BCUT2D eigenvalue weighted by Crippen LogP contribution is -2.44. The van der Waals surface area contributed by atoms with E-state index in [0.717, 1.165) is 0 Å². The number of benzene rings is 2. The summed E-state index contributed by atoms with van der Waals surface area (Å²) in [5.41, 5.74) is 2.35. The van der Waals surface area contributed by atoms with Crippen molar-refractivity contribution in [2.75, 3.05) is 6.61 Å². The summed E-state index contributed by atoms with van der Waals surface area (Å²) in [6, 6.07) is 20.0. The van der Waals surface area contributed by atoms with Crippen LogP contribution in [0, 0.1) is 0 Å². The highest BCUT2D eigenvalue weighted by Crippen LogP contribution is 2.15. The van der Waals surface area contributed by atoms with E-state index in [0.29, 0.717) is 13.1 Å². The largest absolute Gasteiger partial charge is 0.395 e. The van der Waals surface area contributed by atoms with E-state index in [1.807, 2.05) is 36.4 Å². The quantitative estimate of drug-likeness (QED) is 0.821. The molecule has 2 aromatic rings. The molecule has 0 unspecified atom stereocenters. The maximum atomic E-state index is 9.94. The van der Waals surface area contributed by atoms with E-state index in [1.54, 1.807) is 6.92 Å². The molecule has 0 aliphatic rings. The molecule has 21 heavy (non-hydrogen) atoms. The van der Waals surface area contributed by atoms with Gasteiger partial charge in [-0.05, 0) is 18.1 Å². The van der Waals surface area contributed by atoms with Crippen molar-refractivity contribution in [1.29, 1.82) is 0 Å². The van der Waals surface area contributed by atoms with Crippen LogP contribution in [-0.4, -0.2) is 33.9 Å². The Morgan fingerprint density at radius 3 is 1.62 bits per heavy atom. The van der Waals surface area contributed by atoms with Crippen LogP contribution in [0.25, 0.3) is 0 Å². The third-order valence-corrected chi connectivity index (χ3v) is 3.67. The second kappa shape index (κ2) is 7.93. The lowest BCUT2D eigenvalue weighted by atomic mass is 10.1. The Kier molecular flexibility index (Phi) is 5.93. The predicted octanol–water partition coefficient (Wildman–Crippen LogP) is 2.43. The zero-order chi connectivity index (χ0) is 15.1. The standard InChI is InChI=1S/C18H23NO2/c1-15(21)18(14-20)19(12-16-8-4-2-5-9-16)13-17-10-6-3-7-11-17/h2-11,15,18,20-21H,12-14H2,1H3/t15-,18-/m1/s1. The molecule has 2 aromatic carbocycles. The van der Waals surface area contributed by atoms with Gasteiger partial charge in [0.1, 0.15) is 0 Å². The first-order chi connectivity index (χ1) is 10.2. The Morgan fingerprint density at radius 1 is 0.857 bits per heavy atom. The summed E-state index contributed by atoms with van der Waals surface area (Å²) in [5, 5.41) is 19.6. The lowest BCUT2D eigenvalue weighted by Gasteiger charge is -2.32. The van der Waals surface area contributed by atoms with Crippen LogP contribution in [0.1, 0.15) is 18.1 Å². The zero-order valence-corrected chi connectivity index (χ0v) is 12.4. The molecule has 2 N–H and O–H groups in total. The third kappa shape index (κ3) is 4.67. The monoisotopic (exact) mass is 285 g/mol. The molecule has 0 heterocycles. The second-order valence-corrected chi connectivity index (χ2v) is 5.37. The van der Waals surface area contributed by atoms with Crippen LogP contribution in [-0.2, 0) is 13.1 Å². The topological polar surface area (TPSA) is 43.7 Å². The highest BCUT2D eigenvalue weighted by Gasteiger charge is 2.22. The van der Waals surface area contributed by atoms with Crippen molar-refractivity contribution in [3.8, 4) is 0 Å². The van der Waals surface area contributed by atoms with Gasteiger partial charge < -0.3 is 10.2 Å². The number of nitrogens with zero attached hydrogens (tertiary/aromatic N) is 1. The van der Waals surface area contributed by atoms with Crippen LogP contribution in [0.3, 0.4) is 0 Å². The molecule has 0 spiro atoms. The number of rotatable bonds is 7. The van der Waals surface area contributed by atoms with Gasteiger partial charge in [0.15, 0.2) is 0 Å². The summed E-state index contributed by atoms with van der Waals surface area (Å²) in [7, 11) is 0. The third-order valence-electron chi connectivity index (χ3n) is 3.67.